The molecule has 0 aromatic heterocycles. The highest BCUT2D eigenvalue weighted by Crippen LogP contribution is 2.18. The average molecular weight is 523 g/mol. The summed E-state index contributed by atoms with van der Waals surface area (Å²) in [6, 6.07) is 0. The van der Waals surface area contributed by atoms with Crippen molar-refractivity contribution in [3.8, 4) is 0 Å². The van der Waals surface area contributed by atoms with Crippen LogP contribution in [0.5, 0.6) is 0 Å². The van der Waals surface area contributed by atoms with Gasteiger partial charge in [0.05, 0.1) is 45.2 Å². The van der Waals surface area contributed by atoms with Gasteiger partial charge in [0.25, 0.3) is 10.1 Å². The van der Waals surface area contributed by atoms with Gasteiger partial charge in [0.15, 0.2) is 0 Å². The fourth-order valence-corrected chi connectivity index (χ4v) is 5.25. The van der Waals surface area contributed by atoms with Gasteiger partial charge in [-0.05, 0) is 44.9 Å². The van der Waals surface area contributed by atoms with Gasteiger partial charge in [-0.2, -0.15) is 8.42 Å². The quantitative estimate of drug-likeness (QED) is 0.0678. The zero-order valence-electron chi connectivity index (χ0n) is 23.6. The first kappa shape index (κ1) is 34.8. The first-order valence-corrected chi connectivity index (χ1v) is 16.5. The Balaban J connectivity index is 4.86. The van der Waals surface area contributed by atoms with Crippen LogP contribution in [0.3, 0.4) is 0 Å². The lowest BCUT2D eigenvalue weighted by Gasteiger charge is -2.39. The normalized spacial score (nSPS) is 12.5. The van der Waals surface area contributed by atoms with Gasteiger partial charge in [0, 0.05) is 6.61 Å². The molecule has 0 saturated carbocycles. The second-order valence-electron chi connectivity index (χ2n) is 10.3. The number of hydrogen-bond donors (Lipinski definition) is 1. The Bertz CT molecular complexity index is 525. The van der Waals surface area contributed by atoms with Gasteiger partial charge in [0.2, 0.25) is 0 Å². The van der Waals surface area contributed by atoms with Gasteiger partial charge in [-0.3, -0.25) is 4.55 Å². The molecule has 0 aromatic carbocycles. The van der Waals surface area contributed by atoms with E-state index in [1.807, 2.05) is 0 Å². The van der Waals surface area contributed by atoms with Crippen molar-refractivity contribution in [2.45, 2.75) is 124 Å². The maximum absolute atomic E-state index is 11.2. The smallest absolute Gasteiger partial charge is 0.264 e. The van der Waals surface area contributed by atoms with Crippen molar-refractivity contribution >= 4 is 10.1 Å². The zero-order valence-corrected chi connectivity index (χ0v) is 24.4. The molecule has 0 spiro atoms. The van der Waals surface area contributed by atoms with Crippen LogP contribution in [0, 0.1) is 0 Å². The van der Waals surface area contributed by atoms with Crippen LogP contribution in [0.1, 0.15) is 124 Å². The van der Waals surface area contributed by atoms with Crippen LogP contribution in [0.4, 0.5) is 0 Å². The molecule has 0 fully saturated rings. The van der Waals surface area contributed by atoms with Gasteiger partial charge in [-0.15, -0.1) is 0 Å². The third-order valence-corrected chi connectivity index (χ3v) is 7.79. The highest BCUT2D eigenvalue weighted by Gasteiger charge is 2.26. The Morgan fingerprint density at radius 3 is 1.43 bits per heavy atom. The van der Waals surface area contributed by atoms with Crippen molar-refractivity contribution in [3.05, 3.63) is 0 Å². The predicted molar refractivity (Wildman–Crippen MR) is 149 cm³/mol. The number of rotatable bonds is 28. The van der Waals surface area contributed by atoms with Crippen LogP contribution >= 0.6 is 0 Å². The van der Waals surface area contributed by atoms with E-state index in [9.17, 15) is 8.42 Å². The van der Waals surface area contributed by atoms with Crippen molar-refractivity contribution in [2.24, 2.45) is 0 Å². The molecule has 0 aliphatic carbocycles. The fraction of sp³-hybridized carbons (Fsp3) is 1.00. The molecule has 6 nitrogen and oxygen atoms in total. The summed E-state index contributed by atoms with van der Waals surface area (Å²) < 4.78 is 44.2. The maximum atomic E-state index is 11.2. The molecule has 0 radical (unpaired) electrons. The van der Waals surface area contributed by atoms with Crippen LogP contribution in [-0.2, 0) is 19.6 Å². The molecule has 212 valence electrons. The summed E-state index contributed by atoms with van der Waals surface area (Å²) in [4.78, 5) is 0. The second-order valence-corrected chi connectivity index (χ2v) is 11.9. The first-order chi connectivity index (χ1) is 16.9. The molecular weight excluding hydrogens is 462 g/mol. The van der Waals surface area contributed by atoms with E-state index in [0.717, 1.165) is 63.1 Å². The molecule has 1 N–H and O–H groups in total. The van der Waals surface area contributed by atoms with Gasteiger partial charge < -0.3 is 14.0 Å². The van der Waals surface area contributed by atoms with E-state index in [1.165, 1.54) is 77.0 Å². The van der Waals surface area contributed by atoms with Crippen molar-refractivity contribution in [3.63, 3.8) is 0 Å². The van der Waals surface area contributed by atoms with Crippen LogP contribution in [-0.4, -0.2) is 75.8 Å². The molecule has 0 unspecified atom stereocenters. The van der Waals surface area contributed by atoms with E-state index < -0.39 is 10.1 Å². The van der Waals surface area contributed by atoms with Crippen molar-refractivity contribution in [1.82, 2.24) is 0 Å². The second kappa shape index (κ2) is 24.1. The van der Waals surface area contributed by atoms with Crippen LogP contribution < -0.4 is 0 Å². The van der Waals surface area contributed by atoms with Gasteiger partial charge >= 0.3 is 0 Å². The molecule has 0 rings (SSSR count). The average Bonchev–Trinajstić information content (AvgIpc) is 2.82. The Kier molecular flexibility index (Phi) is 24.0. The first-order valence-electron chi connectivity index (χ1n) is 14.8. The van der Waals surface area contributed by atoms with Crippen molar-refractivity contribution in [2.75, 3.05) is 58.4 Å². The minimum absolute atomic E-state index is 0.132. The lowest BCUT2D eigenvalue weighted by Crippen LogP contribution is -2.52. The highest BCUT2D eigenvalue weighted by molar-refractivity contribution is 7.85. The topological polar surface area (TPSA) is 72.8 Å². The maximum Gasteiger partial charge on any atom is 0.264 e. The number of hydrogen-bond acceptors (Lipinski definition) is 4. The summed E-state index contributed by atoms with van der Waals surface area (Å²) in [5.74, 6) is -0.132. The molecular formula is C28H60NO5S+. The van der Waals surface area contributed by atoms with E-state index in [2.05, 4.69) is 20.8 Å². The minimum atomic E-state index is -3.88. The molecule has 0 amide bonds. The van der Waals surface area contributed by atoms with Crippen LogP contribution in [0.2, 0.25) is 0 Å². The van der Waals surface area contributed by atoms with E-state index in [-0.39, 0.29) is 5.75 Å². The van der Waals surface area contributed by atoms with Gasteiger partial charge in [-0.1, -0.05) is 78.6 Å². The third-order valence-electron chi connectivity index (χ3n) is 6.98. The summed E-state index contributed by atoms with van der Waals surface area (Å²) in [7, 11) is -3.88. The third kappa shape index (κ3) is 23.9. The number of nitrogens with zero attached hydrogens (tertiary/aromatic N) is 1. The Hall–Kier alpha value is -0.210. The monoisotopic (exact) mass is 522 g/mol. The summed E-state index contributed by atoms with van der Waals surface area (Å²) >= 11 is 0. The number of ether oxygens (including phenoxy) is 2. The van der Waals surface area contributed by atoms with E-state index in [0.29, 0.717) is 19.6 Å². The van der Waals surface area contributed by atoms with E-state index >= 15 is 0 Å². The predicted octanol–water partition coefficient (Wildman–Crippen LogP) is 7.03. The molecule has 0 aliphatic rings. The zero-order chi connectivity index (χ0) is 26.1. The lowest BCUT2D eigenvalue weighted by molar-refractivity contribution is -0.929. The van der Waals surface area contributed by atoms with Crippen LogP contribution in [0.15, 0.2) is 0 Å². The van der Waals surface area contributed by atoms with E-state index in [4.69, 9.17) is 14.0 Å². The summed E-state index contributed by atoms with van der Waals surface area (Å²) in [6.45, 7) is 13.7. The number of unbranched alkanes of at least 4 members (excludes halogenated alkanes) is 12. The van der Waals surface area contributed by atoms with E-state index in [1.54, 1.807) is 0 Å². The molecule has 0 saturated heterocycles. The lowest BCUT2D eigenvalue weighted by atomic mass is 10.1. The molecule has 7 heteroatoms. The molecule has 0 atom stereocenters. The molecule has 0 aromatic rings. The fourth-order valence-electron chi connectivity index (χ4n) is 4.68. The van der Waals surface area contributed by atoms with Gasteiger partial charge in [0.1, 0.15) is 6.54 Å². The minimum Gasteiger partial charge on any atom is -0.379 e. The summed E-state index contributed by atoms with van der Waals surface area (Å²) in [5.41, 5.74) is 0. The molecule has 0 heterocycles. The molecule has 35 heavy (non-hydrogen) atoms. The number of quaternary nitrogens is 1. The Labute approximate surface area is 218 Å². The summed E-state index contributed by atoms with van der Waals surface area (Å²) in [5, 5.41) is 0. The molecule has 0 aliphatic heterocycles. The van der Waals surface area contributed by atoms with Crippen molar-refractivity contribution in [1.29, 1.82) is 0 Å². The Morgan fingerprint density at radius 1 is 0.514 bits per heavy atom. The Morgan fingerprint density at radius 2 is 0.943 bits per heavy atom. The van der Waals surface area contributed by atoms with Crippen molar-refractivity contribution < 1.29 is 26.9 Å². The standard InChI is InChI=1S/C28H59NO5S/c1-4-7-10-12-14-16-20-29(21-17-15-13-11-8-5-2,22-18-19-28-35(30,31)32)23-25-34-27-26-33-24-9-6-3/h4-28H2,1-3H3/p+1. The SMILES string of the molecule is CCCCCCCC[N+](CCCCCCCC)(CCCCS(=O)(=O)O)CCOCCOCCCC. The highest BCUT2D eigenvalue weighted by atomic mass is 32.2. The van der Waals surface area contributed by atoms with Gasteiger partial charge in [-0.25, -0.2) is 0 Å². The molecule has 0 bridgehead atoms. The largest absolute Gasteiger partial charge is 0.379 e. The van der Waals surface area contributed by atoms with Crippen LogP contribution in [0.25, 0.3) is 0 Å². The summed E-state index contributed by atoms with van der Waals surface area (Å²) in [6.07, 6.45) is 19.0.